The molecule has 152 valence electrons. The lowest BCUT2D eigenvalue weighted by molar-refractivity contribution is 0.121. The van der Waals surface area contributed by atoms with Crippen LogP contribution in [-0.2, 0) is 0 Å². The topological polar surface area (TPSA) is 9.23 Å². The largest absolute Gasteiger partial charge is 0.493 e. The number of rotatable bonds is 8. The van der Waals surface area contributed by atoms with E-state index in [0.29, 0.717) is 18.3 Å². The molecular formula is C24H36F2O. The monoisotopic (exact) mass is 378 g/mol. The molecule has 0 N–H and O–H groups in total. The highest BCUT2D eigenvalue weighted by atomic mass is 19.1. The predicted molar refractivity (Wildman–Crippen MR) is 107 cm³/mol. The predicted octanol–water partition coefficient (Wildman–Crippen LogP) is 7.54. The molecule has 27 heavy (non-hydrogen) atoms. The Hall–Kier alpha value is -1.12. The third-order valence-electron chi connectivity index (χ3n) is 6.99. The summed E-state index contributed by atoms with van der Waals surface area (Å²) in [6.45, 7) is 2.87. The van der Waals surface area contributed by atoms with Crippen LogP contribution in [0.25, 0.3) is 0 Å². The van der Waals surface area contributed by atoms with Crippen molar-refractivity contribution in [2.24, 2.45) is 23.7 Å². The van der Waals surface area contributed by atoms with Crippen molar-refractivity contribution in [2.75, 3.05) is 6.61 Å². The second kappa shape index (κ2) is 10.4. The average Bonchev–Trinajstić information content (AvgIpc) is 2.67. The lowest BCUT2D eigenvalue weighted by atomic mass is 9.69. The zero-order valence-electron chi connectivity index (χ0n) is 16.9. The van der Waals surface area contributed by atoms with Gasteiger partial charge in [-0.2, -0.15) is 0 Å². The Morgan fingerprint density at radius 2 is 1.33 bits per heavy atom. The molecule has 1 nitrogen and oxygen atoms in total. The van der Waals surface area contributed by atoms with Crippen molar-refractivity contribution in [1.82, 2.24) is 0 Å². The highest BCUT2D eigenvalue weighted by molar-refractivity contribution is 5.23. The second-order valence-electron chi connectivity index (χ2n) is 8.97. The van der Waals surface area contributed by atoms with Gasteiger partial charge in [-0.1, -0.05) is 45.4 Å². The third-order valence-corrected chi connectivity index (χ3v) is 6.99. The van der Waals surface area contributed by atoms with E-state index in [1.54, 1.807) is 0 Å². The molecule has 2 saturated carbocycles. The summed E-state index contributed by atoms with van der Waals surface area (Å²) < 4.78 is 32.2. The van der Waals surface area contributed by atoms with Gasteiger partial charge < -0.3 is 4.74 Å². The van der Waals surface area contributed by atoms with Crippen LogP contribution in [0.15, 0.2) is 18.2 Å². The van der Waals surface area contributed by atoms with E-state index in [4.69, 9.17) is 4.74 Å². The van der Waals surface area contributed by atoms with Gasteiger partial charge in [0.15, 0.2) is 0 Å². The SMILES string of the molecule is CCCCC[C@H]1CC[C@H](C2CCC(COc3cc(F)cc(F)c3)CC2)CC1. The van der Waals surface area contributed by atoms with Gasteiger partial charge in [-0.25, -0.2) is 8.78 Å². The number of unbranched alkanes of at least 4 members (excludes halogenated alkanes) is 2. The number of ether oxygens (including phenoxy) is 1. The Balaban J connectivity index is 1.34. The average molecular weight is 379 g/mol. The fraction of sp³-hybridized carbons (Fsp3) is 0.750. The lowest BCUT2D eigenvalue weighted by Crippen LogP contribution is -2.27. The van der Waals surface area contributed by atoms with Crippen molar-refractivity contribution in [3.05, 3.63) is 29.8 Å². The van der Waals surface area contributed by atoms with Gasteiger partial charge in [0, 0.05) is 18.2 Å². The van der Waals surface area contributed by atoms with Crippen molar-refractivity contribution in [1.29, 1.82) is 0 Å². The van der Waals surface area contributed by atoms with Gasteiger partial charge in [-0.05, 0) is 62.2 Å². The Morgan fingerprint density at radius 1 is 0.778 bits per heavy atom. The highest BCUT2D eigenvalue weighted by Crippen LogP contribution is 2.42. The number of hydrogen-bond acceptors (Lipinski definition) is 1. The van der Waals surface area contributed by atoms with Gasteiger partial charge >= 0.3 is 0 Å². The summed E-state index contributed by atoms with van der Waals surface area (Å²) in [7, 11) is 0. The summed E-state index contributed by atoms with van der Waals surface area (Å²) in [6.07, 6.45) is 16.4. The van der Waals surface area contributed by atoms with E-state index in [-0.39, 0.29) is 0 Å². The Kier molecular flexibility index (Phi) is 7.96. The van der Waals surface area contributed by atoms with Gasteiger partial charge in [0.1, 0.15) is 17.4 Å². The first-order chi connectivity index (χ1) is 13.1. The van der Waals surface area contributed by atoms with Crippen LogP contribution < -0.4 is 4.74 Å². The highest BCUT2D eigenvalue weighted by Gasteiger charge is 2.30. The van der Waals surface area contributed by atoms with Gasteiger partial charge in [0.25, 0.3) is 0 Å². The molecule has 0 aromatic heterocycles. The van der Waals surface area contributed by atoms with E-state index >= 15 is 0 Å². The molecule has 0 aliphatic heterocycles. The van der Waals surface area contributed by atoms with Crippen LogP contribution in [-0.4, -0.2) is 6.61 Å². The molecule has 0 radical (unpaired) electrons. The molecule has 0 heterocycles. The van der Waals surface area contributed by atoms with Crippen molar-refractivity contribution >= 4 is 0 Å². The molecule has 0 unspecified atom stereocenters. The quantitative estimate of drug-likeness (QED) is 0.425. The van der Waals surface area contributed by atoms with Crippen LogP contribution in [0.4, 0.5) is 8.78 Å². The van der Waals surface area contributed by atoms with E-state index < -0.39 is 11.6 Å². The van der Waals surface area contributed by atoms with Gasteiger partial charge in [0.05, 0.1) is 6.61 Å². The van der Waals surface area contributed by atoms with Crippen LogP contribution in [0.1, 0.15) is 84.0 Å². The maximum atomic E-state index is 13.2. The number of hydrogen-bond donors (Lipinski definition) is 0. The van der Waals surface area contributed by atoms with E-state index in [9.17, 15) is 8.78 Å². The maximum absolute atomic E-state index is 13.2. The molecule has 2 fully saturated rings. The Bertz CT molecular complexity index is 537. The summed E-state index contributed by atoms with van der Waals surface area (Å²) in [5.74, 6) is 2.52. The van der Waals surface area contributed by atoms with Crippen molar-refractivity contribution in [2.45, 2.75) is 84.0 Å². The summed E-state index contributed by atoms with van der Waals surface area (Å²) in [5.41, 5.74) is 0. The van der Waals surface area contributed by atoms with Gasteiger partial charge in [0.2, 0.25) is 0 Å². The van der Waals surface area contributed by atoms with Gasteiger partial charge in [-0.3, -0.25) is 0 Å². The first-order valence-corrected chi connectivity index (χ1v) is 11.2. The Morgan fingerprint density at radius 3 is 1.89 bits per heavy atom. The fourth-order valence-electron chi connectivity index (χ4n) is 5.28. The minimum atomic E-state index is -0.570. The molecule has 2 aliphatic rings. The van der Waals surface area contributed by atoms with E-state index in [1.165, 1.54) is 89.2 Å². The number of benzene rings is 1. The lowest BCUT2D eigenvalue weighted by Gasteiger charge is -2.38. The minimum Gasteiger partial charge on any atom is -0.493 e. The molecule has 0 spiro atoms. The molecule has 0 bridgehead atoms. The van der Waals surface area contributed by atoms with Crippen LogP contribution in [0, 0.1) is 35.3 Å². The van der Waals surface area contributed by atoms with Gasteiger partial charge in [-0.15, -0.1) is 0 Å². The summed E-state index contributed by atoms with van der Waals surface area (Å²) >= 11 is 0. The summed E-state index contributed by atoms with van der Waals surface area (Å²) in [4.78, 5) is 0. The zero-order valence-corrected chi connectivity index (χ0v) is 16.9. The van der Waals surface area contributed by atoms with Crippen molar-refractivity contribution in [3.8, 4) is 5.75 Å². The smallest absolute Gasteiger partial charge is 0.129 e. The zero-order chi connectivity index (χ0) is 19.1. The maximum Gasteiger partial charge on any atom is 0.129 e. The van der Waals surface area contributed by atoms with Crippen LogP contribution >= 0.6 is 0 Å². The first-order valence-electron chi connectivity index (χ1n) is 11.2. The minimum absolute atomic E-state index is 0.316. The molecule has 2 aliphatic carbocycles. The Labute approximate surface area is 163 Å². The molecule has 0 amide bonds. The van der Waals surface area contributed by atoms with Crippen molar-refractivity contribution in [3.63, 3.8) is 0 Å². The second-order valence-corrected chi connectivity index (χ2v) is 8.97. The molecule has 0 atom stereocenters. The molecule has 1 aromatic carbocycles. The normalized spacial score (nSPS) is 28.9. The van der Waals surface area contributed by atoms with Crippen molar-refractivity contribution < 1.29 is 13.5 Å². The molecule has 3 heteroatoms. The molecule has 0 saturated heterocycles. The molecule has 3 rings (SSSR count). The van der Waals surface area contributed by atoms with E-state index in [2.05, 4.69) is 6.92 Å². The summed E-state index contributed by atoms with van der Waals surface area (Å²) in [6, 6.07) is 3.43. The summed E-state index contributed by atoms with van der Waals surface area (Å²) in [5, 5.41) is 0. The standard InChI is InChI=1S/C24H36F2O/c1-2-3-4-5-18-6-10-20(11-7-18)21-12-8-19(9-13-21)17-27-24-15-22(25)14-23(26)16-24/h14-16,18-21H,2-13,17H2,1H3/t18-,19?,20-,21?. The number of halogens is 2. The van der Waals surface area contributed by atoms with Crippen LogP contribution in [0.3, 0.4) is 0 Å². The van der Waals surface area contributed by atoms with E-state index in [1.807, 2.05) is 0 Å². The molecular weight excluding hydrogens is 342 g/mol. The van der Waals surface area contributed by atoms with E-state index in [0.717, 1.165) is 23.8 Å². The van der Waals surface area contributed by atoms with Crippen LogP contribution in [0.5, 0.6) is 5.75 Å². The first kappa shape index (κ1) is 20.6. The van der Waals surface area contributed by atoms with Crippen LogP contribution in [0.2, 0.25) is 0 Å². The fourth-order valence-corrected chi connectivity index (χ4v) is 5.28. The third kappa shape index (κ3) is 6.47. The molecule has 1 aromatic rings.